The summed E-state index contributed by atoms with van der Waals surface area (Å²) in [5, 5.41) is 34.7. The van der Waals surface area contributed by atoms with Crippen LogP contribution in [0.4, 0.5) is 8.78 Å². The summed E-state index contributed by atoms with van der Waals surface area (Å²) < 4.78 is 29.6. The number of β-amino-alcohol motifs (C(OH)–C–C–N with tert-alkyl or cyclic N) is 2. The SMILES string of the molecule is CC[C@@H](NC(=O)[C@H](C)NC)C(=O)N1C[C@@H](O)C[C@@H]1Cc1c(-c2[nH]c3cc(F)ccc3c2C[C@H]2C[C@H](O)CN2C(=O)[C@@H](CC)NC(=O)[C@H](C)NC)[nH]c2cc(F)ccc12. The van der Waals surface area contributed by atoms with Crippen LogP contribution < -0.4 is 21.3 Å². The predicted molar refractivity (Wildman–Crippen MR) is 217 cm³/mol. The lowest BCUT2D eigenvalue weighted by molar-refractivity contribution is -0.138. The van der Waals surface area contributed by atoms with Crippen molar-refractivity contribution in [3.8, 4) is 11.4 Å². The number of likely N-dealkylation sites (tertiary alicyclic amines) is 2. The molecule has 4 amide bonds. The fourth-order valence-corrected chi connectivity index (χ4v) is 8.42. The Morgan fingerprint density at radius 1 is 0.707 bits per heavy atom. The number of fused-ring (bicyclic) bond motifs is 2. The molecule has 6 rings (SSSR count). The van der Waals surface area contributed by atoms with Crippen molar-refractivity contribution in [2.75, 3.05) is 27.2 Å². The topological polar surface area (TPSA) is 195 Å². The van der Waals surface area contributed by atoms with Gasteiger partial charge in [-0.1, -0.05) is 13.8 Å². The molecule has 0 aliphatic carbocycles. The third-order valence-electron chi connectivity index (χ3n) is 11.9. The van der Waals surface area contributed by atoms with Gasteiger partial charge in [-0.3, -0.25) is 19.2 Å². The number of hydrogen-bond acceptors (Lipinski definition) is 8. The van der Waals surface area contributed by atoms with Crippen molar-refractivity contribution in [1.29, 1.82) is 0 Å². The van der Waals surface area contributed by atoms with Crippen molar-refractivity contribution in [3.63, 3.8) is 0 Å². The van der Waals surface area contributed by atoms with Gasteiger partial charge in [0, 0.05) is 47.0 Å². The molecule has 0 saturated carbocycles. The van der Waals surface area contributed by atoms with Crippen molar-refractivity contribution in [2.45, 2.75) is 115 Å². The number of aromatic amines is 2. The van der Waals surface area contributed by atoms with Crippen molar-refractivity contribution < 1.29 is 38.2 Å². The van der Waals surface area contributed by atoms with Gasteiger partial charge in [0.15, 0.2) is 0 Å². The van der Waals surface area contributed by atoms with Crippen LogP contribution in [-0.2, 0) is 32.0 Å². The van der Waals surface area contributed by atoms with Gasteiger partial charge in [0.1, 0.15) is 23.7 Å². The van der Waals surface area contributed by atoms with Crippen molar-refractivity contribution in [2.24, 2.45) is 0 Å². The highest BCUT2D eigenvalue weighted by molar-refractivity contribution is 5.97. The third-order valence-corrected chi connectivity index (χ3v) is 11.9. The van der Waals surface area contributed by atoms with Crippen LogP contribution >= 0.6 is 0 Å². The molecule has 8 N–H and O–H groups in total. The number of hydrogen-bond donors (Lipinski definition) is 8. The molecule has 2 aromatic carbocycles. The van der Waals surface area contributed by atoms with Crippen molar-refractivity contribution >= 4 is 45.4 Å². The summed E-state index contributed by atoms with van der Waals surface area (Å²) in [5.41, 5.74) is 3.58. The van der Waals surface area contributed by atoms with Crippen molar-refractivity contribution in [3.05, 3.63) is 59.2 Å². The number of likely N-dealkylation sites (N-methyl/N-ethyl adjacent to an activating group) is 2. The number of aliphatic hydroxyl groups excluding tert-OH is 2. The zero-order valence-corrected chi connectivity index (χ0v) is 33.9. The molecule has 0 radical (unpaired) electrons. The molecule has 2 aliphatic heterocycles. The molecule has 14 nitrogen and oxygen atoms in total. The standard InChI is InChI=1S/C42H56F2N8O6/c1-7-33(49-39(55)21(3)45-5)41(57)51-19-27(53)15-25(51)17-31-29-11-9-23(43)13-35(29)47-37(31)38-32(30-12-10-24(44)14-36(30)48-38)18-26-16-28(54)20-52(26)42(58)34(8-2)50-40(56)22(4)46-6/h9-14,21-22,25-28,33-34,45-48,53-54H,7-8,15-20H2,1-6H3,(H,49,55)(H,50,56)/t21-,22-,25+,26+,27-,28-,33+,34+/m0/s1. The summed E-state index contributed by atoms with van der Waals surface area (Å²) in [7, 11) is 3.31. The number of benzene rings is 2. The largest absolute Gasteiger partial charge is 0.391 e. The normalized spacial score (nSPS) is 21.7. The minimum Gasteiger partial charge on any atom is -0.391 e. The maximum Gasteiger partial charge on any atom is 0.245 e. The molecule has 0 unspecified atom stereocenters. The number of aliphatic hydroxyl groups is 2. The van der Waals surface area contributed by atoms with Gasteiger partial charge in [-0.05, 0) is 114 Å². The van der Waals surface area contributed by atoms with Crippen LogP contribution in [0.25, 0.3) is 33.2 Å². The maximum absolute atomic E-state index is 14.8. The van der Waals surface area contributed by atoms with Gasteiger partial charge in [0.05, 0.1) is 35.7 Å². The molecule has 0 bridgehead atoms. The number of nitrogens with one attached hydrogen (secondary N) is 6. The zero-order valence-electron chi connectivity index (χ0n) is 33.9. The highest BCUT2D eigenvalue weighted by atomic mass is 19.1. The highest BCUT2D eigenvalue weighted by Crippen LogP contribution is 2.40. The van der Waals surface area contributed by atoms with Crippen LogP contribution in [0, 0.1) is 11.6 Å². The molecular formula is C42H56F2N8O6. The Labute approximate surface area is 336 Å². The fraction of sp³-hybridized carbons (Fsp3) is 0.524. The van der Waals surface area contributed by atoms with E-state index in [0.717, 1.165) is 11.1 Å². The summed E-state index contributed by atoms with van der Waals surface area (Å²) in [6, 6.07) is 5.13. The Kier molecular flexibility index (Phi) is 13.2. The average molecular weight is 807 g/mol. The fourth-order valence-electron chi connectivity index (χ4n) is 8.42. The summed E-state index contributed by atoms with van der Waals surface area (Å²) >= 11 is 0. The Bertz CT molecular complexity index is 2010. The van der Waals surface area contributed by atoms with Crippen LogP contribution in [-0.4, -0.2) is 129 Å². The van der Waals surface area contributed by atoms with Gasteiger partial charge in [0.2, 0.25) is 23.6 Å². The maximum atomic E-state index is 14.8. The van der Waals surface area contributed by atoms with E-state index in [1.807, 2.05) is 13.8 Å². The van der Waals surface area contributed by atoms with Crippen LogP contribution in [0.5, 0.6) is 0 Å². The van der Waals surface area contributed by atoms with Gasteiger partial charge < -0.3 is 51.2 Å². The summed E-state index contributed by atoms with van der Waals surface area (Å²) in [5.74, 6) is -2.21. The molecule has 314 valence electrons. The van der Waals surface area contributed by atoms with E-state index in [1.54, 1.807) is 49.9 Å². The van der Waals surface area contributed by atoms with Crippen LogP contribution in [0.1, 0.15) is 64.5 Å². The first-order chi connectivity index (χ1) is 27.7. The molecule has 2 fully saturated rings. The molecule has 2 saturated heterocycles. The van der Waals surface area contributed by atoms with E-state index in [4.69, 9.17) is 0 Å². The van der Waals surface area contributed by atoms with E-state index >= 15 is 0 Å². The first-order valence-corrected chi connectivity index (χ1v) is 20.2. The molecule has 8 atom stereocenters. The lowest BCUT2D eigenvalue weighted by Gasteiger charge is -2.30. The van der Waals surface area contributed by atoms with Crippen molar-refractivity contribution in [1.82, 2.24) is 41.0 Å². The monoisotopic (exact) mass is 806 g/mol. The second kappa shape index (κ2) is 17.9. The molecule has 4 aromatic rings. The first kappa shape index (κ1) is 42.7. The van der Waals surface area contributed by atoms with Crippen LogP contribution in [0.3, 0.4) is 0 Å². The number of rotatable bonds is 15. The van der Waals surface area contributed by atoms with E-state index in [9.17, 15) is 38.2 Å². The lowest BCUT2D eigenvalue weighted by atomic mass is 9.94. The minimum atomic E-state index is -0.817. The van der Waals surface area contributed by atoms with Gasteiger partial charge in [-0.15, -0.1) is 0 Å². The highest BCUT2D eigenvalue weighted by Gasteiger charge is 2.41. The molecule has 58 heavy (non-hydrogen) atoms. The van der Waals surface area contributed by atoms with Crippen LogP contribution in [0.15, 0.2) is 36.4 Å². The van der Waals surface area contributed by atoms with Gasteiger partial charge in [-0.25, -0.2) is 8.78 Å². The molecule has 2 aliphatic rings. The number of halogens is 2. The van der Waals surface area contributed by atoms with E-state index in [0.29, 0.717) is 46.0 Å². The number of nitrogens with zero attached hydrogens (tertiary/aromatic N) is 2. The quantitative estimate of drug-likeness (QED) is 0.0899. The van der Waals surface area contributed by atoms with Gasteiger partial charge in [0.25, 0.3) is 0 Å². The van der Waals surface area contributed by atoms with Gasteiger partial charge in [-0.2, -0.15) is 0 Å². The third kappa shape index (κ3) is 8.75. The number of aromatic nitrogens is 2. The molecule has 16 heteroatoms. The van der Waals surface area contributed by atoms with Gasteiger partial charge >= 0.3 is 0 Å². The van der Waals surface area contributed by atoms with E-state index in [1.165, 1.54) is 24.3 Å². The summed E-state index contributed by atoms with van der Waals surface area (Å²) in [4.78, 5) is 63.7. The summed E-state index contributed by atoms with van der Waals surface area (Å²) in [6.07, 6.45) is 0.0738. The Morgan fingerprint density at radius 3 is 1.43 bits per heavy atom. The predicted octanol–water partition coefficient (Wildman–Crippen LogP) is 2.61. The molecular weight excluding hydrogens is 751 g/mol. The first-order valence-electron chi connectivity index (χ1n) is 20.2. The minimum absolute atomic E-state index is 0.0711. The average Bonchev–Trinajstić information content (AvgIpc) is 3.96. The Morgan fingerprint density at radius 2 is 1.09 bits per heavy atom. The zero-order chi connectivity index (χ0) is 42.0. The second-order valence-electron chi connectivity index (χ2n) is 15.8. The van der Waals surface area contributed by atoms with E-state index in [2.05, 4.69) is 31.2 Å². The smallest absolute Gasteiger partial charge is 0.245 e. The molecule has 2 aromatic heterocycles. The Balaban J connectivity index is 1.40. The lowest BCUT2D eigenvalue weighted by Crippen LogP contribution is -2.53. The molecule has 0 spiro atoms. The second-order valence-corrected chi connectivity index (χ2v) is 15.8. The number of amides is 4. The van der Waals surface area contributed by atoms with Crippen LogP contribution in [0.2, 0.25) is 0 Å². The van der Waals surface area contributed by atoms with E-state index < -0.39 is 60.1 Å². The number of H-pyrrole nitrogens is 2. The Hall–Kier alpha value is -4.90. The number of carbonyl (C=O) groups excluding carboxylic acids is 4. The molecule has 4 heterocycles. The van der Waals surface area contributed by atoms with E-state index in [-0.39, 0.29) is 62.4 Å². The summed E-state index contributed by atoms with van der Waals surface area (Å²) in [6.45, 7) is 7.15. The number of carbonyl (C=O) groups is 4.